The van der Waals surface area contributed by atoms with Gasteiger partial charge in [0, 0.05) is 25.8 Å². The Labute approximate surface area is 185 Å². The maximum Gasteiger partial charge on any atom is 0.295 e. The lowest BCUT2D eigenvalue weighted by Gasteiger charge is -2.25. The van der Waals surface area contributed by atoms with Crippen LogP contribution in [0.15, 0.2) is 48.0 Å². The van der Waals surface area contributed by atoms with Gasteiger partial charge in [-0.25, -0.2) is 0 Å². The Morgan fingerprint density at radius 1 is 1.06 bits per heavy atom. The maximum atomic E-state index is 13.0. The van der Waals surface area contributed by atoms with Crippen LogP contribution in [0.25, 0.3) is 5.76 Å². The van der Waals surface area contributed by atoms with E-state index in [1.165, 1.54) is 4.90 Å². The second-order valence-electron chi connectivity index (χ2n) is 7.47. The summed E-state index contributed by atoms with van der Waals surface area (Å²) in [7, 11) is 3.14. The predicted molar refractivity (Wildman–Crippen MR) is 116 cm³/mol. The number of carbonyl (C=O) groups is 2. The van der Waals surface area contributed by atoms with E-state index >= 15 is 0 Å². The molecule has 4 rings (SSSR count). The number of Topliss-reactive ketones (excluding diaryl/α,β-unsaturated/α-hetero) is 1. The molecular weight excluding hydrogens is 414 g/mol. The number of benzene rings is 2. The number of aliphatic hydroxyl groups excluding tert-OH is 1. The van der Waals surface area contributed by atoms with Gasteiger partial charge in [-0.15, -0.1) is 0 Å². The van der Waals surface area contributed by atoms with Gasteiger partial charge in [-0.2, -0.15) is 0 Å². The number of likely N-dealkylation sites (tertiary alicyclic amines) is 1. The average Bonchev–Trinajstić information content (AvgIpc) is 3.08. The molecule has 32 heavy (non-hydrogen) atoms. The summed E-state index contributed by atoms with van der Waals surface area (Å²) >= 11 is 0. The Morgan fingerprint density at radius 2 is 1.78 bits per heavy atom. The van der Waals surface area contributed by atoms with E-state index in [4.69, 9.17) is 18.9 Å². The van der Waals surface area contributed by atoms with E-state index in [1.54, 1.807) is 56.7 Å². The first-order valence-corrected chi connectivity index (χ1v) is 10.4. The van der Waals surface area contributed by atoms with Crippen molar-refractivity contribution in [2.24, 2.45) is 0 Å². The van der Waals surface area contributed by atoms with Crippen LogP contribution in [0.3, 0.4) is 0 Å². The fourth-order valence-corrected chi connectivity index (χ4v) is 3.97. The largest absolute Gasteiger partial charge is 0.507 e. The molecule has 2 aliphatic rings. The number of ketones is 1. The molecule has 0 saturated carbocycles. The van der Waals surface area contributed by atoms with Crippen LogP contribution >= 0.6 is 0 Å². The molecule has 8 heteroatoms. The third kappa shape index (κ3) is 4.01. The number of nitrogens with zero attached hydrogens (tertiary/aromatic N) is 1. The lowest BCUT2D eigenvalue weighted by Crippen LogP contribution is -2.31. The molecule has 1 saturated heterocycles. The molecule has 1 fully saturated rings. The van der Waals surface area contributed by atoms with E-state index in [-0.39, 0.29) is 11.3 Å². The minimum Gasteiger partial charge on any atom is -0.507 e. The van der Waals surface area contributed by atoms with Crippen molar-refractivity contribution in [2.45, 2.75) is 12.5 Å². The van der Waals surface area contributed by atoms with E-state index in [2.05, 4.69) is 0 Å². The number of carbonyl (C=O) groups excluding carboxylic acids is 2. The van der Waals surface area contributed by atoms with Gasteiger partial charge in [-0.1, -0.05) is 12.1 Å². The highest BCUT2D eigenvalue weighted by Gasteiger charge is 2.45. The molecule has 2 aliphatic heterocycles. The van der Waals surface area contributed by atoms with Crippen molar-refractivity contribution in [1.29, 1.82) is 0 Å². The van der Waals surface area contributed by atoms with Crippen molar-refractivity contribution in [3.8, 4) is 17.2 Å². The molecule has 0 bridgehead atoms. The molecule has 2 aromatic carbocycles. The van der Waals surface area contributed by atoms with Crippen LogP contribution in [0.1, 0.15) is 23.6 Å². The third-order valence-electron chi connectivity index (χ3n) is 5.53. The smallest absolute Gasteiger partial charge is 0.295 e. The Bertz CT molecular complexity index is 1040. The highest BCUT2D eigenvalue weighted by atomic mass is 16.6. The quantitative estimate of drug-likeness (QED) is 0.307. The number of hydrogen-bond acceptors (Lipinski definition) is 7. The molecule has 0 radical (unpaired) electrons. The van der Waals surface area contributed by atoms with Gasteiger partial charge in [-0.05, 0) is 42.3 Å². The molecule has 0 aliphatic carbocycles. The first-order chi connectivity index (χ1) is 15.5. The Balaban J connectivity index is 1.79. The number of hydrogen-bond donors (Lipinski definition) is 1. The van der Waals surface area contributed by atoms with Crippen molar-refractivity contribution >= 4 is 17.4 Å². The molecule has 1 atom stereocenters. The van der Waals surface area contributed by atoms with Crippen molar-refractivity contribution < 1.29 is 33.6 Å². The third-order valence-corrected chi connectivity index (χ3v) is 5.53. The van der Waals surface area contributed by atoms with Gasteiger partial charge in [0.1, 0.15) is 24.7 Å². The summed E-state index contributed by atoms with van der Waals surface area (Å²) in [6, 6.07) is 11.3. The van der Waals surface area contributed by atoms with Gasteiger partial charge < -0.3 is 29.0 Å². The highest BCUT2D eigenvalue weighted by Crippen LogP contribution is 2.41. The minimum atomic E-state index is -0.731. The summed E-state index contributed by atoms with van der Waals surface area (Å²) in [5, 5.41) is 11.2. The number of methoxy groups -OCH3 is 2. The molecule has 0 spiro atoms. The van der Waals surface area contributed by atoms with Gasteiger partial charge in [-0.3, -0.25) is 9.59 Å². The second kappa shape index (κ2) is 9.32. The summed E-state index contributed by atoms with van der Waals surface area (Å²) in [6.07, 6.45) is 0.556. The van der Waals surface area contributed by atoms with Gasteiger partial charge in [0.05, 0.1) is 18.7 Å². The molecule has 2 aromatic rings. The van der Waals surface area contributed by atoms with Gasteiger partial charge >= 0.3 is 0 Å². The van der Waals surface area contributed by atoms with Gasteiger partial charge in [0.25, 0.3) is 11.7 Å². The summed E-state index contributed by atoms with van der Waals surface area (Å²) in [5.41, 5.74) is 1.11. The van der Waals surface area contributed by atoms with Crippen LogP contribution in [-0.2, 0) is 14.3 Å². The second-order valence-corrected chi connectivity index (χ2v) is 7.47. The SMILES string of the molecule is COCCCN1C(=O)C(=O)/C(=C(/O)c2ccc3c(c2)OCCO3)[C@H]1c1ccc(OC)cc1. The molecule has 8 nitrogen and oxygen atoms in total. The highest BCUT2D eigenvalue weighted by molar-refractivity contribution is 6.46. The number of ether oxygens (including phenoxy) is 4. The van der Waals surface area contributed by atoms with E-state index < -0.39 is 17.7 Å². The first kappa shape index (κ1) is 21.7. The molecular formula is C24H25NO7. The zero-order valence-electron chi connectivity index (χ0n) is 18.0. The molecule has 2 heterocycles. The van der Waals surface area contributed by atoms with Crippen molar-refractivity contribution in [3.05, 3.63) is 59.2 Å². The fourth-order valence-electron chi connectivity index (χ4n) is 3.97. The van der Waals surface area contributed by atoms with Crippen molar-refractivity contribution in [2.75, 3.05) is 40.6 Å². The normalized spacial score (nSPS) is 19.3. The van der Waals surface area contributed by atoms with Crippen LogP contribution in [0.5, 0.6) is 17.2 Å². The summed E-state index contributed by atoms with van der Waals surface area (Å²) < 4.78 is 21.5. The predicted octanol–water partition coefficient (Wildman–Crippen LogP) is 2.92. The first-order valence-electron chi connectivity index (χ1n) is 10.4. The van der Waals surface area contributed by atoms with Crippen LogP contribution in [-0.4, -0.2) is 62.3 Å². The summed E-state index contributed by atoms with van der Waals surface area (Å²) in [4.78, 5) is 27.4. The average molecular weight is 439 g/mol. The monoisotopic (exact) mass is 439 g/mol. The van der Waals surface area contributed by atoms with E-state index in [0.717, 1.165) is 0 Å². The van der Waals surface area contributed by atoms with Crippen molar-refractivity contribution in [3.63, 3.8) is 0 Å². The van der Waals surface area contributed by atoms with Crippen LogP contribution in [0.4, 0.5) is 0 Å². The fraction of sp³-hybridized carbons (Fsp3) is 0.333. The Morgan fingerprint density at radius 3 is 2.47 bits per heavy atom. The minimum absolute atomic E-state index is 0.0364. The summed E-state index contributed by atoms with van der Waals surface area (Å²) in [5.74, 6) is 0.0686. The van der Waals surface area contributed by atoms with E-state index in [9.17, 15) is 14.7 Å². The molecule has 1 N–H and O–H groups in total. The van der Waals surface area contributed by atoms with Crippen LogP contribution in [0.2, 0.25) is 0 Å². The van der Waals surface area contributed by atoms with Gasteiger partial charge in [0.2, 0.25) is 0 Å². The number of amides is 1. The molecule has 168 valence electrons. The zero-order valence-corrected chi connectivity index (χ0v) is 18.0. The molecule has 1 amide bonds. The maximum absolute atomic E-state index is 13.0. The summed E-state index contributed by atoms with van der Waals surface area (Å²) in [6.45, 7) is 1.60. The standard InChI is InChI=1S/C24H25NO7/c1-29-11-3-10-25-21(15-4-7-17(30-2)8-5-15)20(23(27)24(25)28)22(26)16-6-9-18-19(14-16)32-13-12-31-18/h4-9,14,21,26H,3,10-13H2,1-2H3/b22-20+/t21-/m1/s1. The number of fused-ring (bicyclic) bond motifs is 1. The topological polar surface area (TPSA) is 94.5 Å². The molecule has 0 aromatic heterocycles. The van der Waals surface area contributed by atoms with Crippen LogP contribution in [0, 0.1) is 0 Å². The lowest BCUT2D eigenvalue weighted by atomic mass is 9.95. The Kier molecular flexibility index (Phi) is 6.32. The lowest BCUT2D eigenvalue weighted by molar-refractivity contribution is -0.140. The van der Waals surface area contributed by atoms with Crippen molar-refractivity contribution in [1.82, 2.24) is 4.90 Å². The number of rotatable bonds is 7. The molecule has 0 unspecified atom stereocenters. The van der Waals surface area contributed by atoms with E-state index in [0.29, 0.717) is 61.2 Å². The van der Waals surface area contributed by atoms with E-state index in [1.807, 2.05) is 0 Å². The zero-order chi connectivity index (χ0) is 22.7. The van der Waals surface area contributed by atoms with Gasteiger partial charge in [0.15, 0.2) is 11.5 Å². The Hall–Kier alpha value is -3.52. The number of aliphatic hydroxyl groups is 1. The van der Waals surface area contributed by atoms with Crippen LogP contribution < -0.4 is 14.2 Å².